The minimum absolute atomic E-state index is 0.113. The zero-order valence-electron chi connectivity index (χ0n) is 11.9. The third kappa shape index (κ3) is 5.63. The lowest BCUT2D eigenvalue weighted by Crippen LogP contribution is -2.33. The second-order valence-corrected chi connectivity index (χ2v) is 6.33. The van der Waals surface area contributed by atoms with Gasteiger partial charge in [0.15, 0.2) is 0 Å². The van der Waals surface area contributed by atoms with Gasteiger partial charge >= 0.3 is 0 Å². The Morgan fingerprint density at radius 1 is 1.25 bits per heavy atom. The molecule has 0 spiro atoms. The molecule has 0 aromatic heterocycles. The average molecular weight is 339 g/mol. The Morgan fingerprint density at radius 2 is 2.05 bits per heavy atom. The fraction of sp³-hybridized carbons (Fsp3) is 0.562. The predicted molar refractivity (Wildman–Crippen MR) is 85.8 cm³/mol. The summed E-state index contributed by atoms with van der Waals surface area (Å²) < 4.78 is 1.02. The summed E-state index contributed by atoms with van der Waals surface area (Å²) >= 11 is 3.42. The Hall–Kier alpha value is -0.870. The summed E-state index contributed by atoms with van der Waals surface area (Å²) in [6, 6.07) is 7.91. The number of piperidine rings is 1. The number of rotatable bonds is 6. The van der Waals surface area contributed by atoms with Crippen molar-refractivity contribution in [2.45, 2.75) is 32.1 Å². The monoisotopic (exact) mass is 338 g/mol. The number of hydrogen-bond donors (Lipinski definition) is 1. The Morgan fingerprint density at radius 3 is 2.80 bits per heavy atom. The van der Waals surface area contributed by atoms with Gasteiger partial charge in [0.05, 0.1) is 6.42 Å². The first-order valence-corrected chi connectivity index (χ1v) is 8.27. The first-order valence-electron chi connectivity index (χ1n) is 7.47. The number of hydrogen-bond acceptors (Lipinski definition) is 2. The van der Waals surface area contributed by atoms with E-state index in [0.717, 1.165) is 29.5 Å². The van der Waals surface area contributed by atoms with Crippen LogP contribution in [-0.4, -0.2) is 37.0 Å². The lowest BCUT2D eigenvalue weighted by Gasteiger charge is -2.26. The van der Waals surface area contributed by atoms with Crippen LogP contribution in [0.1, 0.15) is 31.2 Å². The molecule has 0 aliphatic carbocycles. The Bertz CT molecular complexity index is 430. The summed E-state index contributed by atoms with van der Waals surface area (Å²) in [6.45, 7) is 4.35. The van der Waals surface area contributed by atoms with Gasteiger partial charge in [0, 0.05) is 11.0 Å². The smallest absolute Gasteiger partial charge is 0.224 e. The maximum Gasteiger partial charge on any atom is 0.224 e. The van der Waals surface area contributed by atoms with Crippen LogP contribution in [0.5, 0.6) is 0 Å². The van der Waals surface area contributed by atoms with Gasteiger partial charge < -0.3 is 10.2 Å². The quantitative estimate of drug-likeness (QED) is 0.808. The molecule has 20 heavy (non-hydrogen) atoms. The molecule has 110 valence electrons. The van der Waals surface area contributed by atoms with Crippen LogP contribution in [0, 0.1) is 0 Å². The first kappa shape index (κ1) is 15.5. The normalized spacial score (nSPS) is 16.1. The van der Waals surface area contributed by atoms with Crippen molar-refractivity contribution in [2.24, 2.45) is 0 Å². The second-order valence-electron chi connectivity index (χ2n) is 5.41. The summed E-state index contributed by atoms with van der Waals surface area (Å²) in [4.78, 5) is 14.3. The van der Waals surface area contributed by atoms with Crippen LogP contribution in [-0.2, 0) is 11.2 Å². The summed E-state index contributed by atoms with van der Waals surface area (Å²) in [6.07, 6.45) is 5.54. The molecule has 1 aromatic carbocycles. The number of benzene rings is 1. The summed E-state index contributed by atoms with van der Waals surface area (Å²) in [7, 11) is 0. The van der Waals surface area contributed by atoms with Crippen LogP contribution in [0.25, 0.3) is 0 Å². The van der Waals surface area contributed by atoms with Gasteiger partial charge in [0.1, 0.15) is 0 Å². The van der Waals surface area contributed by atoms with Gasteiger partial charge in [-0.25, -0.2) is 0 Å². The highest BCUT2D eigenvalue weighted by atomic mass is 79.9. The standard InChI is InChI=1S/C16H23BrN2O/c17-15-7-4-6-14(12-15)13-16(20)18-8-5-11-19-9-2-1-3-10-19/h4,6-7,12H,1-3,5,8-11,13H2,(H,18,20). The maximum absolute atomic E-state index is 11.8. The zero-order chi connectivity index (χ0) is 14.2. The third-order valence-electron chi connectivity index (χ3n) is 3.68. The minimum atomic E-state index is 0.113. The lowest BCUT2D eigenvalue weighted by atomic mass is 10.1. The van der Waals surface area contributed by atoms with Gasteiger partial charge in [-0.2, -0.15) is 0 Å². The van der Waals surface area contributed by atoms with E-state index in [1.807, 2.05) is 24.3 Å². The van der Waals surface area contributed by atoms with E-state index in [1.165, 1.54) is 32.4 Å². The van der Waals surface area contributed by atoms with Crippen molar-refractivity contribution in [3.05, 3.63) is 34.3 Å². The summed E-state index contributed by atoms with van der Waals surface area (Å²) in [5.74, 6) is 0.113. The second kappa shape index (κ2) is 8.42. The Labute approximate surface area is 129 Å². The van der Waals surface area contributed by atoms with E-state index in [0.29, 0.717) is 6.42 Å². The van der Waals surface area contributed by atoms with E-state index in [4.69, 9.17) is 0 Å². The van der Waals surface area contributed by atoms with E-state index in [2.05, 4.69) is 26.1 Å². The molecule has 1 N–H and O–H groups in total. The molecule has 4 heteroatoms. The van der Waals surface area contributed by atoms with E-state index in [1.54, 1.807) is 0 Å². The van der Waals surface area contributed by atoms with E-state index < -0.39 is 0 Å². The van der Waals surface area contributed by atoms with Crippen molar-refractivity contribution < 1.29 is 4.79 Å². The molecule has 1 aliphatic heterocycles. The highest BCUT2D eigenvalue weighted by Gasteiger charge is 2.09. The molecule has 2 rings (SSSR count). The summed E-state index contributed by atoms with van der Waals surface area (Å²) in [5.41, 5.74) is 1.05. The number of halogens is 1. The fourth-order valence-corrected chi connectivity index (χ4v) is 3.05. The van der Waals surface area contributed by atoms with Crippen molar-refractivity contribution in [2.75, 3.05) is 26.2 Å². The molecule has 1 aromatic rings. The van der Waals surface area contributed by atoms with Gasteiger partial charge in [0.25, 0.3) is 0 Å². The van der Waals surface area contributed by atoms with Crippen molar-refractivity contribution in [1.29, 1.82) is 0 Å². The Balaban J connectivity index is 1.60. The van der Waals surface area contributed by atoms with Crippen molar-refractivity contribution in [3.8, 4) is 0 Å². The highest BCUT2D eigenvalue weighted by Crippen LogP contribution is 2.12. The van der Waals surface area contributed by atoms with Crippen molar-refractivity contribution in [1.82, 2.24) is 10.2 Å². The summed E-state index contributed by atoms with van der Waals surface area (Å²) in [5, 5.41) is 3.01. The van der Waals surface area contributed by atoms with Crippen LogP contribution in [0.4, 0.5) is 0 Å². The van der Waals surface area contributed by atoms with Crippen LogP contribution in [0.2, 0.25) is 0 Å². The topological polar surface area (TPSA) is 32.3 Å². The van der Waals surface area contributed by atoms with Crippen molar-refractivity contribution >= 4 is 21.8 Å². The number of amides is 1. The first-order chi connectivity index (χ1) is 9.74. The minimum Gasteiger partial charge on any atom is -0.356 e. The molecule has 3 nitrogen and oxygen atoms in total. The van der Waals surface area contributed by atoms with Gasteiger partial charge in [-0.15, -0.1) is 0 Å². The lowest BCUT2D eigenvalue weighted by molar-refractivity contribution is -0.120. The number of likely N-dealkylation sites (tertiary alicyclic amines) is 1. The maximum atomic E-state index is 11.8. The average Bonchev–Trinajstić information content (AvgIpc) is 2.45. The van der Waals surface area contributed by atoms with Crippen LogP contribution in [0.15, 0.2) is 28.7 Å². The molecule has 1 fully saturated rings. The van der Waals surface area contributed by atoms with Crippen LogP contribution >= 0.6 is 15.9 Å². The molecule has 1 amide bonds. The fourth-order valence-electron chi connectivity index (χ4n) is 2.61. The number of nitrogens with one attached hydrogen (secondary N) is 1. The molecule has 0 unspecified atom stereocenters. The third-order valence-corrected chi connectivity index (χ3v) is 4.17. The molecule has 0 bridgehead atoms. The molecule has 0 atom stereocenters. The predicted octanol–water partition coefficient (Wildman–Crippen LogP) is 2.98. The largest absolute Gasteiger partial charge is 0.356 e. The van der Waals surface area contributed by atoms with Crippen LogP contribution in [0.3, 0.4) is 0 Å². The highest BCUT2D eigenvalue weighted by molar-refractivity contribution is 9.10. The number of carbonyl (C=O) groups excluding carboxylic acids is 1. The van der Waals surface area contributed by atoms with Gasteiger partial charge in [-0.1, -0.05) is 34.5 Å². The van der Waals surface area contributed by atoms with Gasteiger partial charge in [-0.05, 0) is 56.6 Å². The molecular weight excluding hydrogens is 316 g/mol. The number of carbonyl (C=O) groups is 1. The molecular formula is C16H23BrN2O. The van der Waals surface area contributed by atoms with E-state index in [-0.39, 0.29) is 5.91 Å². The SMILES string of the molecule is O=C(Cc1cccc(Br)c1)NCCCN1CCCCC1. The van der Waals surface area contributed by atoms with E-state index >= 15 is 0 Å². The molecule has 1 heterocycles. The molecule has 1 aliphatic rings. The van der Waals surface area contributed by atoms with Crippen molar-refractivity contribution in [3.63, 3.8) is 0 Å². The molecule has 0 saturated carbocycles. The zero-order valence-corrected chi connectivity index (χ0v) is 13.5. The van der Waals surface area contributed by atoms with Gasteiger partial charge in [-0.3, -0.25) is 4.79 Å². The van der Waals surface area contributed by atoms with Crippen LogP contribution < -0.4 is 5.32 Å². The van der Waals surface area contributed by atoms with Gasteiger partial charge in [0.2, 0.25) is 5.91 Å². The molecule has 1 saturated heterocycles. The number of nitrogens with zero attached hydrogens (tertiary/aromatic N) is 1. The Kier molecular flexibility index (Phi) is 6.54. The molecule has 0 radical (unpaired) electrons. The van der Waals surface area contributed by atoms with E-state index in [9.17, 15) is 4.79 Å².